The number of aromatic amines is 1. The predicted octanol–water partition coefficient (Wildman–Crippen LogP) is 1.38. The number of aromatic nitrogens is 3. The van der Waals surface area contributed by atoms with Crippen LogP contribution in [-0.2, 0) is 0 Å². The number of hydrogen-bond donors (Lipinski definition) is 1. The molecule has 3 nitrogen and oxygen atoms in total. The molecule has 1 N–H and O–H groups in total. The van der Waals surface area contributed by atoms with Gasteiger partial charge in [0.05, 0.1) is 17.2 Å². The van der Waals surface area contributed by atoms with Crippen LogP contribution in [0.25, 0.3) is 11.0 Å². The molecular weight excluding hydrogens is 150 g/mol. The first-order valence-corrected chi connectivity index (χ1v) is 2.70. The van der Waals surface area contributed by atoms with Gasteiger partial charge in [-0.25, -0.2) is 9.97 Å². The Balaban J connectivity index is 0.000000500. The normalized spacial score (nSPS) is 9.20. The van der Waals surface area contributed by atoms with E-state index in [1.54, 1.807) is 6.20 Å². The largest absolute Gasteiger partial charge is 0.359 e. The highest BCUT2D eigenvalue weighted by Crippen LogP contribution is 2.03. The van der Waals surface area contributed by atoms with Crippen molar-refractivity contribution in [3.8, 4) is 0 Å². The summed E-state index contributed by atoms with van der Waals surface area (Å²) in [5, 5.41) is 0. The third kappa shape index (κ3) is 0.953. The molecule has 0 aliphatic carbocycles. The van der Waals surface area contributed by atoms with Crippen molar-refractivity contribution in [2.24, 2.45) is 0 Å². The molecule has 2 aromatic rings. The molecule has 0 atom stereocenters. The summed E-state index contributed by atoms with van der Waals surface area (Å²) in [6, 6.07) is 1.91. The number of hydrogen-bond acceptors (Lipinski definition) is 2. The van der Waals surface area contributed by atoms with Crippen LogP contribution in [0.3, 0.4) is 0 Å². The number of fused-ring (bicyclic) bond motifs is 1. The molecule has 52 valence electrons. The Kier molecular flexibility index (Phi) is 1.87. The molecule has 0 spiro atoms. The summed E-state index contributed by atoms with van der Waals surface area (Å²) >= 11 is 0. The van der Waals surface area contributed by atoms with Crippen LogP contribution in [0.15, 0.2) is 24.8 Å². The summed E-state index contributed by atoms with van der Waals surface area (Å²) in [7, 11) is 0. The van der Waals surface area contributed by atoms with Crippen molar-refractivity contribution in [2.75, 3.05) is 0 Å². The van der Waals surface area contributed by atoms with Crippen molar-refractivity contribution in [1.29, 1.82) is 0 Å². The Bertz CT molecular complexity index is 287. The molecular formula is C6H6ClN3. The van der Waals surface area contributed by atoms with Gasteiger partial charge in [0.25, 0.3) is 0 Å². The van der Waals surface area contributed by atoms with Gasteiger partial charge in [-0.15, -0.1) is 12.4 Å². The van der Waals surface area contributed by atoms with E-state index in [0.29, 0.717) is 0 Å². The zero-order valence-electron chi connectivity index (χ0n) is 5.11. The third-order valence-electron chi connectivity index (χ3n) is 1.22. The fraction of sp³-hybridized carbons (Fsp3) is 0. The van der Waals surface area contributed by atoms with Crippen molar-refractivity contribution < 1.29 is 0 Å². The number of rotatable bonds is 0. The maximum absolute atomic E-state index is 4.00. The lowest BCUT2D eigenvalue weighted by atomic mass is 10.5. The summed E-state index contributed by atoms with van der Waals surface area (Å²) in [6.45, 7) is 0. The van der Waals surface area contributed by atoms with Crippen molar-refractivity contribution in [3.63, 3.8) is 0 Å². The first-order valence-electron chi connectivity index (χ1n) is 2.70. The van der Waals surface area contributed by atoms with E-state index in [0.717, 1.165) is 11.0 Å². The van der Waals surface area contributed by atoms with Gasteiger partial charge in [0.15, 0.2) is 0 Å². The summed E-state index contributed by atoms with van der Waals surface area (Å²) in [6.07, 6.45) is 5.14. The maximum Gasteiger partial charge on any atom is 0.116 e. The van der Waals surface area contributed by atoms with Gasteiger partial charge in [-0.2, -0.15) is 0 Å². The summed E-state index contributed by atoms with van der Waals surface area (Å²) in [5.74, 6) is 0. The van der Waals surface area contributed by atoms with E-state index in [4.69, 9.17) is 0 Å². The maximum atomic E-state index is 4.00. The molecule has 0 amide bonds. The van der Waals surface area contributed by atoms with Gasteiger partial charge in [0, 0.05) is 6.20 Å². The lowest BCUT2D eigenvalue weighted by molar-refractivity contribution is 1.22. The van der Waals surface area contributed by atoms with E-state index in [2.05, 4.69) is 15.0 Å². The topological polar surface area (TPSA) is 41.6 Å². The molecule has 0 aliphatic rings. The fourth-order valence-corrected chi connectivity index (χ4v) is 0.793. The monoisotopic (exact) mass is 155 g/mol. The number of H-pyrrole nitrogens is 1. The van der Waals surface area contributed by atoms with Crippen molar-refractivity contribution in [2.45, 2.75) is 0 Å². The highest BCUT2D eigenvalue weighted by molar-refractivity contribution is 5.85. The SMILES string of the molecule is Cl.c1ncc2[nH]ccc2n1. The van der Waals surface area contributed by atoms with Gasteiger partial charge in [0.2, 0.25) is 0 Å². The Hall–Kier alpha value is -1.09. The quantitative estimate of drug-likeness (QED) is 0.625. The molecule has 0 saturated carbocycles. The van der Waals surface area contributed by atoms with Crippen molar-refractivity contribution >= 4 is 23.4 Å². The smallest absolute Gasteiger partial charge is 0.116 e. The lowest BCUT2D eigenvalue weighted by Gasteiger charge is -1.82. The van der Waals surface area contributed by atoms with Crippen molar-refractivity contribution in [1.82, 2.24) is 15.0 Å². The lowest BCUT2D eigenvalue weighted by Crippen LogP contribution is -1.74. The number of halogens is 1. The average Bonchev–Trinajstić information content (AvgIpc) is 2.33. The Morgan fingerprint density at radius 1 is 1.40 bits per heavy atom. The molecule has 0 fully saturated rings. The number of nitrogens with zero attached hydrogens (tertiary/aromatic N) is 2. The van der Waals surface area contributed by atoms with Crippen LogP contribution in [0.5, 0.6) is 0 Å². The molecule has 0 aromatic carbocycles. The second kappa shape index (κ2) is 2.66. The van der Waals surface area contributed by atoms with Crippen LogP contribution >= 0.6 is 12.4 Å². The highest BCUT2D eigenvalue weighted by Gasteiger charge is 1.89. The van der Waals surface area contributed by atoms with Gasteiger partial charge >= 0.3 is 0 Å². The van der Waals surface area contributed by atoms with E-state index in [1.165, 1.54) is 6.33 Å². The molecule has 0 saturated heterocycles. The second-order valence-corrected chi connectivity index (χ2v) is 1.80. The van der Waals surface area contributed by atoms with Crippen LogP contribution in [0, 0.1) is 0 Å². The Morgan fingerprint density at radius 3 is 3.10 bits per heavy atom. The molecule has 10 heavy (non-hydrogen) atoms. The molecule has 0 unspecified atom stereocenters. The summed E-state index contributed by atoms with van der Waals surface area (Å²) in [4.78, 5) is 10.8. The molecule has 0 aliphatic heterocycles. The van der Waals surface area contributed by atoms with Gasteiger partial charge < -0.3 is 4.98 Å². The molecule has 2 heterocycles. The summed E-state index contributed by atoms with van der Waals surface area (Å²) in [5.41, 5.74) is 1.95. The third-order valence-corrected chi connectivity index (χ3v) is 1.22. The second-order valence-electron chi connectivity index (χ2n) is 1.80. The van der Waals surface area contributed by atoms with Crippen LogP contribution in [0.2, 0.25) is 0 Å². The minimum atomic E-state index is 0. The highest BCUT2D eigenvalue weighted by atomic mass is 35.5. The minimum absolute atomic E-state index is 0. The fourth-order valence-electron chi connectivity index (χ4n) is 0.793. The number of nitrogens with one attached hydrogen (secondary N) is 1. The van der Waals surface area contributed by atoms with E-state index in [1.807, 2.05) is 12.3 Å². The summed E-state index contributed by atoms with van der Waals surface area (Å²) < 4.78 is 0. The van der Waals surface area contributed by atoms with E-state index in [-0.39, 0.29) is 12.4 Å². The first kappa shape index (κ1) is 7.02. The van der Waals surface area contributed by atoms with Crippen molar-refractivity contribution in [3.05, 3.63) is 24.8 Å². The molecule has 0 bridgehead atoms. The first-order chi connectivity index (χ1) is 4.47. The van der Waals surface area contributed by atoms with Crippen LogP contribution in [0.4, 0.5) is 0 Å². The molecule has 0 radical (unpaired) electrons. The molecule has 4 heteroatoms. The molecule has 2 rings (SSSR count). The Labute approximate surface area is 63.9 Å². The van der Waals surface area contributed by atoms with Gasteiger partial charge in [-0.05, 0) is 6.07 Å². The zero-order chi connectivity index (χ0) is 6.10. The average molecular weight is 156 g/mol. The van der Waals surface area contributed by atoms with Gasteiger partial charge in [0.1, 0.15) is 6.33 Å². The van der Waals surface area contributed by atoms with E-state index < -0.39 is 0 Å². The van der Waals surface area contributed by atoms with Gasteiger partial charge in [-0.3, -0.25) is 0 Å². The van der Waals surface area contributed by atoms with E-state index >= 15 is 0 Å². The van der Waals surface area contributed by atoms with Gasteiger partial charge in [-0.1, -0.05) is 0 Å². The predicted molar refractivity (Wildman–Crippen MR) is 41.1 cm³/mol. The van der Waals surface area contributed by atoms with Crippen LogP contribution in [0.1, 0.15) is 0 Å². The standard InChI is InChI=1S/C6H5N3.ClH/c1-2-8-6-3-7-4-9-5(1)6;/h1-4,8H;1H. The minimum Gasteiger partial charge on any atom is -0.359 e. The Morgan fingerprint density at radius 2 is 2.30 bits per heavy atom. The van der Waals surface area contributed by atoms with E-state index in [9.17, 15) is 0 Å². The molecule has 2 aromatic heterocycles. The zero-order valence-corrected chi connectivity index (χ0v) is 5.93. The van der Waals surface area contributed by atoms with Crippen LogP contribution < -0.4 is 0 Å². The van der Waals surface area contributed by atoms with Crippen LogP contribution in [-0.4, -0.2) is 15.0 Å².